The number of aldehydes is 1. The van der Waals surface area contributed by atoms with Crippen LogP contribution in [0.2, 0.25) is 0 Å². The van der Waals surface area contributed by atoms with Gasteiger partial charge in [-0.15, -0.1) is 0 Å². The molecule has 1 N–H and O–H groups in total. The molecule has 0 bridgehead atoms. The van der Waals surface area contributed by atoms with E-state index >= 15 is 0 Å². The van der Waals surface area contributed by atoms with Crippen LogP contribution >= 0.6 is 0 Å². The largest absolute Gasteiger partial charge is 0.396 e. The number of hydrogen-bond donors (Lipinski definition) is 1. The Balaban J connectivity index is 3.02. The highest BCUT2D eigenvalue weighted by Crippen LogP contribution is 2.13. The smallest absolute Gasteiger partial charge is 0.139 e. The van der Waals surface area contributed by atoms with Gasteiger partial charge in [-0.2, -0.15) is 0 Å². The summed E-state index contributed by atoms with van der Waals surface area (Å²) in [5, 5.41) is 8.66. The number of aliphatic hydroxyl groups is 1. The fraction of sp³-hybridized carbons (Fsp3) is 0.889. The molecule has 3 heteroatoms. The molecule has 0 saturated carbocycles. The van der Waals surface area contributed by atoms with Crippen LogP contribution in [0.15, 0.2) is 0 Å². The third-order valence-corrected chi connectivity index (χ3v) is 3.92. The van der Waals surface area contributed by atoms with Crippen LogP contribution in [0.3, 0.4) is 0 Å². The summed E-state index contributed by atoms with van der Waals surface area (Å²) in [6, 6.07) is 0. The van der Waals surface area contributed by atoms with Gasteiger partial charge in [0.25, 0.3) is 0 Å². The lowest BCUT2D eigenvalue weighted by Crippen LogP contribution is -1.97. The van der Waals surface area contributed by atoms with E-state index < -0.39 is 0 Å². The molecule has 21 heavy (non-hydrogen) atoms. The van der Waals surface area contributed by atoms with E-state index in [2.05, 4.69) is 0 Å². The SMILES string of the molecule is O=CCC(=O)CCCCCCCCCCCCCCCO. The number of Topliss-reactive ketones (excluding diaryl/α,β-unsaturated/α-hetero) is 1. The molecule has 0 rings (SSSR count). The van der Waals surface area contributed by atoms with Crippen LogP contribution in [0.5, 0.6) is 0 Å². The van der Waals surface area contributed by atoms with E-state index in [4.69, 9.17) is 5.11 Å². The molecule has 0 amide bonds. The second kappa shape index (κ2) is 17.4. The van der Waals surface area contributed by atoms with E-state index in [-0.39, 0.29) is 12.2 Å². The Kier molecular flexibility index (Phi) is 16.8. The summed E-state index contributed by atoms with van der Waals surface area (Å²) in [6.45, 7) is 0.339. The second-order valence-electron chi connectivity index (χ2n) is 5.98. The van der Waals surface area contributed by atoms with Crippen LogP contribution in [-0.2, 0) is 9.59 Å². The monoisotopic (exact) mass is 298 g/mol. The second-order valence-corrected chi connectivity index (χ2v) is 5.98. The zero-order chi connectivity index (χ0) is 15.6. The molecular weight excluding hydrogens is 264 g/mol. The van der Waals surface area contributed by atoms with Crippen molar-refractivity contribution < 1.29 is 14.7 Å². The van der Waals surface area contributed by atoms with Crippen molar-refractivity contribution in [1.82, 2.24) is 0 Å². The molecule has 0 fully saturated rings. The highest BCUT2D eigenvalue weighted by atomic mass is 16.2. The van der Waals surface area contributed by atoms with Crippen molar-refractivity contribution in [3.8, 4) is 0 Å². The van der Waals surface area contributed by atoms with Crippen molar-refractivity contribution in [2.45, 2.75) is 96.3 Å². The van der Waals surface area contributed by atoms with Crippen molar-refractivity contribution in [2.24, 2.45) is 0 Å². The first-order valence-electron chi connectivity index (χ1n) is 8.87. The molecule has 0 atom stereocenters. The van der Waals surface area contributed by atoms with Gasteiger partial charge in [0.2, 0.25) is 0 Å². The predicted molar refractivity (Wildman–Crippen MR) is 87.4 cm³/mol. The van der Waals surface area contributed by atoms with Gasteiger partial charge < -0.3 is 9.90 Å². The maximum absolute atomic E-state index is 11.1. The molecule has 0 radical (unpaired) electrons. The van der Waals surface area contributed by atoms with Gasteiger partial charge in [-0.3, -0.25) is 4.79 Å². The fourth-order valence-electron chi connectivity index (χ4n) is 2.57. The minimum atomic E-state index is 0.0870. The molecule has 0 heterocycles. The van der Waals surface area contributed by atoms with Gasteiger partial charge in [0.15, 0.2) is 0 Å². The number of unbranched alkanes of at least 4 members (excludes halogenated alkanes) is 12. The lowest BCUT2D eigenvalue weighted by atomic mass is 10.0. The van der Waals surface area contributed by atoms with E-state index in [9.17, 15) is 9.59 Å². The van der Waals surface area contributed by atoms with Gasteiger partial charge in [0.05, 0.1) is 6.42 Å². The van der Waals surface area contributed by atoms with E-state index in [0.29, 0.717) is 19.3 Å². The lowest BCUT2D eigenvalue weighted by molar-refractivity contribution is -0.122. The molecular formula is C18H34O3. The van der Waals surface area contributed by atoms with Crippen molar-refractivity contribution in [3.05, 3.63) is 0 Å². The van der Waals surface area contributed by atoms with Crippen LogP contribution in [0.1, 0.15) is 96.3 Å². The Bertz CT molecular complexity index is 239. The summed E-state index contributed by atoms with van der Waals surface area (Å²) in [5.74, 6) is 0.0870. The van der Waals surface area contributed by atoms with Crippen LogP contribution in [0.25, 0.3) is 0 Å². The zero-order valence-electron chi connectivity index (χ0n) is 13.7. The lowest BCUT2D eigenvalue weighted by Gasteiger charge is -2.03. The third-order valence-electron chi connectivity index (χ3n) is 3.92. The van der Waals surface area contributed by atoms with Gasteiger partial charge in [-0.25, -0.2) is 0 Å². The molecule has 124 valence electrons. The van der Waals surface area contributed by atoms with Crippen LogP contribution < -0.4 is 0 Å². The molecule has 0 aliphatic rings. The fourth-order valence-corrected chi connectivity index (χ4v) is 2.57. The number of ketones is 1. The number of aliphatic hydroxyl groups excluding tert-OH is 1. The maximum atomic E-state index is 11.1. The Morgan fingerprint density at radius 1 is 0.667 bits per heavy atom. The summed E-state index contributed by atoms with van der Waals surface area (Å²) in [5.41, 5.74) is 0. The van der Waals surface area contributed by atoms with Gasteiger partial charge in [-0.05, 0) is 12.8 Å². The number of hydrogen-bond acceptors (Lipinski definition) is 3. The average molecular weight is 298 g/mol. The normalized spacial score (nSPS) is 10.7. The summed E-state index contributed by atoms with van der Waals surface area (Å²) >= 11 is 0. The molecule has 0 aromatic carbocycles. The van der Waals surface area contributed by atoms with Gasteiger partial charge in [-0.1, -0.05) is 70.6 Å². The van der Waals surface area contributed by atoms with E-state index in [0.717, 1.165) is 19.3 Å². The van der Waals surface area contributed by atoms with Crippen molar-refractivity contribution >= 4 is 12.1 Å². The predicted octanol–water partition coefficient (Wildman–Crippen LogP) is 4.60. The summed E-state index contributed by atoms with van der Waals surface area (Å²) in [6.07, 6.45) is 17.3. The van der Waals surface area contributed by atoms with E-state index in [1.54, 1.807) is 0 Å². The molecule has 0 aliphatic carbocycles. The number of rotatable bonds is 17. The minimum absolute atomic E-state index is 0.0870. The Hall–Kier alpha value is -0.700. The molecule has 3 nitrogen and oxygen atoms in total. The highest BCUT2D eigenvalue weighted by Gasteiger charge is 2.00. The van der Waals surface area contributed by atoms with Gasteiger partial charge in [0, 0.05) is 13.0 Å². The molecule has 0 aromatic rings. The topological polar surface area (TPSA) is 54.4 Å². The average Bonchev–Trinajstić information content (AvgIpc) is 2.48. The van der Waals surface area contributed by atoms with Crippen LogP contribution in [-0.4, -0.2) is 23.8 Å². The Labute approximate surface area is 130 Å². The molecule has 0 aliphatic heterocycles. The van der Waals surface area contributed by atoms with Crippen molar-refractivity contribution in [3.63, 3.8) is 0 Å². The van der Waals surface area contributed by atoms with Crippen LogP contribution in [0, 0.1) is 0 Å². The summed E-state index contributed by atoms with van der Waals surface area (Å²) in [7, 11) is 0. The van der Waals surface area contributed by atoms with Gasteiger partial charge >= 0.3 is 0 Å². The number of carbonyl (C=O) groups is 2. The first-order valence-corrected chi connectivity index (χ1v) is 8.87. The first-order chi connectivity index (χ1) is 10.3. The van der Waals surface area contributed by atoms with Crippen molar-refractivity contribution in [2.75, 3.05) is 6.61 Å². The van der Waals surface area contributed by atoms with Crippen molar-refractivity contribution in [1.29, 1.82) is 0 Å². The maximum Gasteiger partial charge on any atom is 0.139 e. The molecule has 0 unspecified atom stereocenters. The highest BCUT2D eigenvalue weighted by molar-refractivity contribution is 5.89. The summed E-state index contributed by atoms with van der Waals surface area (Å²) < 4.78 is 0. The van der Waals surface area contributed by atoms with E-state index in [1.807, 2.05) is 0 Å². The Morgan fingerprint density at radius 2 is 1.05 bits per heavy atom. The standard InChI is InChI=1S/C18H34O3/c19-16-13-11-9-7-5-3-1-2-4-6-8-10-12-14-18(21)15-17-20/h17,19H,1-16H2. The zero-order valence-corrected chi connectivity index (χ0v) is 13.7. The summed E-state index contributed by atoms with van der Waals surface area (Å²) in [4.78, 5) is 21.3. The molecule has 0 saturated heterocycles. The van der Waals surface area contributed by atoms with E-state index in [1.165, 1.54) is 64.2 Å². The van der Waals surface area contributed by atoms with Crippen LogP contribution in [0.4, 0.5) is 0 Å². The first kappa shape index (κ1) is 20.3. The van der Waals surface area contributed by atoms with Gasteiger partial charge in [0.1, 0.15) is 12.1 Å². The molecule has 0 spiro atoms. The third kappa shape index (κ3) is 17.2. The minimum Gasteiger partial charge on any atom is -0.396 e. The Morgan fingerprint density at radius 3 is 1.43 bits per heavy atom. The quantitative estimate of drug-likeness (QED) is 0.242. The number of carbonyl (C=O) groups excluding carboxylic acids is 2. The molecule has 0 aromatic heterocycles.